The molecule has 3 heterocycles. The lowest BCUT2D eigenvalue weighted by Gasteiger charge is -2.13. The summed E-state index contributed by atoms with van der Waals surface area (Å²) in [5.41, 5.74) is 2.50. The first-order valence-electron chi connectivity index (χ1n) is 14.1. The molecule has 0 saturated heterocycles. The van der Waals surface area contributed by atoms with E-state index in [2.05, 4.69) is 5.10 Å². The smallest absolute Gasteiger partial charge is 0.394 e. The molecule has 43 heavy (non-hydrogen) atoms. The van der Waals surface area contributed by atoms with Crippen LogP contribution in [0.5, 0.6) is 5.75 Å². The summed E-state index contributed by atoms with van der Waals surface area (Å²) in [6.07, 6.45) is -1.14. The summed E-state index contributed by atoms with van der Waals surface area (Å²) >= 11 is 0. The van der Waals surface area contributed by atoms with Gasteiger partial charge in [-0.1, -0.05) is 66.7 Å². The summed E-state index contributed by atoms with van der Waals surface area (Å²) in [6, 6.07) is 19.1. The number of rotatable bonds is 7. The molecule has 7 nitrogen and oxygen atoms in total. The van der Waals surface area contributed by atoms with E-state index in [1.165, 1.54) is 4.68 Å². The lowest BCUT2D eigenvalue weighted by atomic mass is 9.97. The molecular formula is C33H30F3N3O4. The number of hydrogen-bond donors (Lipinski definition) is 1. The molecule has 3 aromatic carbocycles. The first kappa shape index (κ1) is 28.5. The highest BCUT2D eigenvalue weighted by Gasteiger charge is 2.34. The molecular weight excluding hydrogens is 559 g/mol. The van der Waals surface area contributed by atoms with Crippen LogP contribution in [0.15, 0.2) is 72.8 Å². The summed E-state index contributed by atoms with van der Waals surface area (Å²) < 4.78 is 56.0. The van der Waals surface area contributed by atoms with E-state index in [1.54, 1.807) is 29.8 Å². The molecule has 0 radical (unpaired) electrons. The van der Waals surface area contributed by atoms with Crippen molar-refractivity contribution >= 4 is 27.6 Å². The monoisotopic (exact) mass is 589 g/mol. The number of carbonyl (C=O) groups is 1. The van der Waals surface area contributed by atoms with Crippen LogP contribution in [0.3, 0.4) is 0 Å². The first-order valence-corrected chi connectivity index (χ1v) is 14.1. The second-order valence-corrected chi connectivity index (χ2v) is 10.5. The van der Waals surface area contributed by atoms with Crippen LogP contribution in [-0.4, -0.2) is 44.8 Å². The van der Waals surface area contributed by atoms with E-state index in [-0.39, 0.29) is 31.1 Å². The largest absolute Gasteiger partial charge is 0.493 e. The summed E-state index contributed by atoms with van der Waals surface area (Å²) in [7, 11) is 1.60. The Labute approximate surface area is 245 Å². The predicted molar refractivity (Wildman–Crippen MR) is 157 cm³/mol. The van der Waals surface area contributed by atoms with Crippen molar-refractivity contribution < 1.29 is 32.5 Å². The molecule has 5 aromatic rings. The Morgan fingerprint density at radius 1 is 1.05 bits per heavy atom. The van der Waals surface area contributed by atoms with Crippen LogP contribution < -0.4 is 4.74 Å². The molecule has 1 aliphatic rings. The molecule has 0 amide bonds. The van der Waals surface area contributed by atoms with Crippen molar-refractivity contribution in [3.63, 3.8) is 0 Å². The van der Waals surface area contributed by atoms with E-state index in [4.69, 9.17) is 9.47 Å². The van der Waals surface area contributed by atoms with Gasteiger partial charge in [-0.25, -0.2) is 4.79 Å². The number of aromatic nitrogens is 3. The third kappa shape index (κ3) is 5.62. The van der Waals surface area contributed by atoms with Gasteiger partial charge in [0.1, 0.15) is 11.4 Å². The zero-order valence-electron chi connectivity index (χ0n) is 23.5. The Balaban J connectivity index is 1.43. The van der Waals surface area contributed by atoms with Crippen LogP contribution in [0.2, 0.25) is 0 Å². The minimum Gasteiger partial charge on any atom is -0.493 e. The van der Waals surface area contributed by atoms with E-state index < -0.39 is 18.6 Å². The first-order chi connectivity index (χ1) is 20.7. The molecule has 0 atom stereocenters. The summed E-state index contributed by atoms with van der Waals surface area (Å²) in [6.45, 7) is 0.859. The zero-order valence-corrected chi connectivity index (χ0v) is 23.5. The van der Waals surface area contributed by atoms with Crippen LogP contribution >= 0.6 is 0 Å². The SMILES string of the molecule is Cn1nc(CC(F)(F)F)c2c1COC/C=C\Cn1c(C(=O)O)c(CCCOc3cccc4ccccc34)c3cccc-2c31. The number of para-hydroxylation sites is 1. The Morgan fingerprint density at radius 3 is 2.63 bits per heavy atom. The van der Waals surface area contributed by atoms with Gasteiger partial charge in [-0.3, -0.25) is 4.68 Å². The van der Waals surface area contributed by atoms with Gasteiger partial charge in [0.05, 0.1) is 43.1 Å². The minimum atomic E-state index is -4.48. The number of allylic oxidation sites excluding steroid dienone is 1. The standard InChI is InChI=1S/C33H30F3N3O4/c1-38-27-20-42-17-5-4-16-39-30-23(12-7-13-25(30)29(27)26(37-38)19-33(34,35)36)24(31(39)32(40)41)14-8-18-43-28-15-6-10-21-9-2-3-11-22(21)28/h2-7,9-13,15H,8,14,16-20H2,1H3,(H,40,41)/b5-4-. The number of aromatic carboxylic acids is 1. The summed E-state index contributed by atoms with van der Waals surface area (Å²) in [5, 5.41) is 17.4. The van der Waals surface area contributed by atoms with Gasteiger partial charge in [0.2, 0.25) is 0 Å². The molecule has 10 heteroatoms. The van der Waals surface area contributed by atoms with Crippen molar-refractivity contribution in [2.75, 3.05) is 13.2 Å². The van der Waals surface area contributed by atoms with Crippen molar-refractivity contribution in [2.24, 2.45) is 7.05 Å². The fourth-order valence-electron chi connectivity index (χ4n) is 6.00. The van der Waals surface area contributed by atoms with E-state index >= 15 is 0 Å². The fourth-order valence-corrected chi connectivity index (χ4v) is 6.00. The van der Waals surface area contributed by atoms with Crippen molar-refractivity contribution in [1.82, 2.24) is 14.3 Å². The van der Waals surface area contributed by atoms with Gasteiger partial charge in [0.25, 0.3) is 0 Å². The second-order valence-electron chi connectivity index (χ2n) is 10.5. The van der Waals surface area contributed by atoms with Gasteiger partial charge in [0, 0.05) is 35.5 Å². The summed E-state index contributed by atoms with van der Waals surface area (Å²) in [4.78, 5) is 12.8. The maximum Gasteiger partial charge on any atom is 0.394 e. The molecule has 0 unspecified atom stereocenters. The topological polar surface area (TPSA) is 78.5 Å². The molecule has 0 aliphatic carbocycles. The van der Waals surface area contributed by atoms with E-state index in [1.807, 2.05) is 54.6 Å². The van der Waals surface area contributed by atoms with Crippen molar-refractivity contribution in [1.29, 1.82) is 0 Å². The maximum absolute atomic E-state index is 13.7. The Morgan fingerprint density at radius 2 is 1.81 bits per heavy atom. The molecule has 1 N–H and O–H groups in total. The lowest BCUT2D eigenvalue weighted by molar-refractivity contribution is -0.127. The highest BCUT2D eigenvalue weighted by Crippen LogP contribution is 2.40. The fraction of sp³-hybridized carbons (Fsp3) is 0.273. The van der Waals surface area contributed by atoms with Crippen molar-refractivity contribution in [3.8, 4) is 16.9 Å². The number of carboxylic acid groups (broad SMARTS) is 1. The van der Waals surface area contributed by atoms with E-state index in [9.17, 15) is 23.1 Å². The second kappa shape index (κ2) is 11.6. The Kier molecular flexibility index (Phi) is 7.70. The molecule has 6 rings (SSSR count). The molecule has 222 valence electrons. The van der Waals surface area contributed by atoms with Crippen LogP contribution in [0.25, 0.3) is 32.8 Å². The van der Waals surface area contributed by atoms with Crippen LogP contribution in [-0.2, 0) is 37.8 Å². The van der Waals surface area contributed by atoms with Gasteiger partial charge >= 0.3 is 12.1 Å². The molecule has 1 aliphatic heterocycles. The minimum absolute atomic E-state index is 0.0578. The molecule has 0 fully saturated rings. The number of nitrogens with zero attached hydrogens (tertiary/aromatic N) is 3. The van der Waals surface area contributed by atoms with Crippen molar-refractivity contribution in [3.05, 3.63) is 95.5 Å². The van der Waals surface area contributed by atoms with Crippen molar-refractivity contribution in [2.45, 2.75) is 38.6 Å². The lowest BCUT2D eigenvalue weighted by Crippen LogP contribution is -2.13. The number of carboxylic acids is 1. The quantitative estimate of drug-likeness (QED) is 0.162. The van der Waals surface area contributed by atoms with E-state index in [0.717, 1.165) is 16.5 Å². The highest BCUT2D eigenvalue weighted by atomic mass is 19.4. The average Bonchev–Trinajstić information content (AvgIpc) is 3.43. The Bertz CT molecular complexity index is 1850. The molecule has 0 spiro atoms. The number of alkyl halides is 3. The van der Waals surface area contributed by atoms with Gasteiger partial charge in [-0.15, -0.1) is 0 Å². The van der Waals surface area contributed by atoms with Gasteiger partial charge in [-0.2, -0.15) is 18.3 Å². The predicted octanol–water partition coefficient (Wildman–Crippen LogP) is 7.10. The van der Waals surface area contributed by atoms with Crippen LogP contribution in [0.1, 0.15) is 33.9 Å². The zero-order chi connectivity index (χ0) is 30.1. The molecule has 0 saturated carbocycles. The van der Waals surface area contributed by atoms with E-state index in [0.29, 0.717) is 52.7 Å². The maximum atomic E-state index is 13.7. The number of benzene rings is 3. The number of ether oxygens (including phenoxy) is 2. The van der Waals surface area contributed by atoms with Gasteiger partial charge < -0.3 is 19.1 Å². The number of aryl methyl sites for hydroxylation is 2. The normalized spacial score (nSPS) is 14.4. The number of halogens is 3. The third-order valence-corrected chi connectivity index (χ3v) is 7.75. The number of hydrogen-bond acceptors (Lipinski definition) is 4. The van der Waals surface area contributed by atoms with Crippen LogP contribution in [0.4, 0.5) is 13.2 Å². The molecule has 0 bridgehead atoms. The highest BCUT2D eigenvalue weighted by molar-refractivity contribution is 6.04. The third-order valence-electron chi connectivity index (χ3n) is 7.75. The Hall–Kier alpha value is -4.57. The average molecular weight is 590 g/mol. The van der Waals surface area contributed by atoms with Gasteiger partial charge in [-0.05, 0) is 29.9 Å². The van der Waals surface area contributed by atoms with Crippen LogP contribution in [0, 0.1) is 0 Å². The summed E-state index contributed by atoms with van der Waals surface area (Å²) in [5.74, 6) is -0.349. The molecule has 2 aromatic heterocycles. The number of fused-ring (bicyclic) bond motifs is 3. The van der Waals surface area contributed by atoms with Gasteiger partial charge in [0.15, 0.2) is 0 Å².